The zero-order valence-corrected chi connectivity index (χ0v) is 9.53. The van der Waals surface area contributed by atoms with Crippen LogP contribution in [0.1, 0.15) is 19.3 Å². The van der Waals surface area contributed by atoms with E-state index in [0.29, 0.717) is 6.42 Å². The molecule has 98 valence electrons. The first-order valence-electron chi connectivity index (χ1n) is 5.55. The van der Waals surface area contributed by atoms with Crippen molar-refractivity contribution in [3.05, 3.63) is 29.8 Å². The highest BCUT2D eigenvalue weighted by atomic mass is 19.1. The summed E-state index contributed by atoms with van der Waals surface area (Å²) in [6.45, 7) is 0. The Balaban J connectivity index is 2.08. The minimum Gasteiger partial charge on any atom is -0.487 e. The number of hydrogen-bond acceptors (Lipinski definition) is 3. The predicted molar refractivity (Wildman–Crippen MR) is 59.2 cm³/mol. The second-order valence-corrected chi connectivity index (χ2v) is 4.52. The minimum atomic E-state index is -1.34. The molecule has 18 heavy (non-hydrogen) atoms. The van der Waals surface area contributed by atoms with E-state index in [4.69, 9.17) is 15.6 Å². The highest BCUT2D eigenvalue weighted by Crippen LogP contribution is 2.32. The van der Waals surface area contributed by atoms with Gasteiger partial charge in [0.05, 0.1) is 0 Å². The molecule has 2 unspecified atom stereocenters. The topological polar surface area (TPSA) is 72.6 Å². The molecule has 0 spiro atoms. The van der Waals surface area contributed by atoms with Crippen LogP contribution < -0.4 is 10.5 Å². The minimum absolute atomic E-state index is 0.0816. The average molecular weight is 257 g/mol. The van der Waals surface area contributed by atoms with Crippen molar-refractivity contribution in [1.29, 1.82) is 0 Å². The molecule has 0 radical (unpaired) electrons. The van der Waals surface area contributed by atoms with Crippen LogP contribution in [0.15, 0.2) is 18.2 Å². The number of carbonyl (C=O) groups is 1. The van der Waals surface area contributed by atoms with Crippen molar-refractivity contribution in [1.82, 2.24) is 0 Å². The van der Waals surface area contributed by atoms with E-state index in [0.717, 1.165) is 18.2 Å². The van der Waals surface area contributed by atoms with Crippen LogP contribution in [0.25, 0.3) is 0 Å². The molecular formula is C12H13F2NO3. The smallest absolute Gasteiger partial charge is 0.323 e. The number of aliphatic carboxylic acids is 1. The predicted octanol–water partition coefficient (Wildman–Crippen LogP) is 1.68. The Morgan fingerprint density at radius 2 is 2.22 bits per heavy atom. The molecule has 2 atom stereocenters. The van der Waals surface area contributed by atoms with E-state index in [-0.39, 0.29) is 18.6 Å². The Bertz CT molecular complexity index is 480. The van der Waals surface area contributed by atoms with Crippen LogP contribution in [0.2, 0.25) is 0 Å². The Kier molecular flexibility index (Phi) is 3.21. The van der Waals surface area contributed by atoms with Crippen molar-refractivity contribution in [2.24, 2.45) is 5.73 Å². The number of rotatable bonds is 3. The quantitative estimate of drug-likeness (QED) is 0.864. The molecule has 3 N–H and O–H groups in total. The lowest BCUT2D eigenvalue weighted by molar-refractivity contribution is -0.143. The van der Waals surface area contributed by atoms with Crippen LogP contribution in [0.3, 0.4) is 0 Å². The zero-order chi connectivity index (χ0) is 13.3. The van der Waals surface area contributed by atoms with Gasteiger partial charge in [0.1, 0.15) is 17.5 Å². The van der Waals surface area contributed by atoms with Crippen LogP contribution in [0, 0.1) is 11.6 Å². The first kappa shape index (κ1) is 12.8. The number of carboxylic acids is 1. The van der Waals surface area contributed by atoms with Gasteiger partial charge in [-0.05, 0) is 25.0 Å². The number of halogens is 2. The van der Waals surface area contributed by atoms with Crippen LogP contribution in [-0.4, -0.2) is 22.7 Å². The molecule has 1 aliphatic carbocycles. The van der Waals surface area contributed by atoms with E-state index in [2.05, 4.69) is 0 Å². The molecule has 1 saturated carbocycles. The van der Waals surface area contributed by atoms with Gasteiger partial charge in [-0.25, -0.2) is 8.78 Å². The molecule has 6 heteroatoms. The Hall–Kier alpha value is -1.69. The van der Waals surface area contributed by atoms with Gasteiger partial charge in [-0.1, -0.05) is 0 Å². The van der Waals surface area contributed by atoms with Crippen molar-refractivity contribution >= 4 is 5.97 Å². The fourth-order valence-corrected chi connectivity index (χ4v) is 2.07. The Morgan fingerprint density at radius 1 is 1.50 bits per heavy atom. The van der Waals surface area contributed by atoms with E-state index < -0.39 is 29.2 Å². The zero-order valence-electron chi connectivity index (χ0n) is 9.53. The number of benzene rings is 1. The molecule has 2 rings (SSSR count). The maximum absolute atomic E-state index is 13.3. The first-order chi connectivity index (χ1) is 8.40. The molecule has 0 amide bonds. The van der Waals surface area contributed by atoms with Gasteiger partial charge in [0.2, 0.25) is 0 Å². The monoisotopic (exact) mass is 257 g/mol. The van der Waals surface area contributed by atoms with Gasteiger partial charge in [-0.2, -0.15) is 0 Å². The summed E-state index contributed by atoms with van der Waals surface area (Å²) in [4.78, 5) is 10.9. The summed E-state index contributed by atoms with van der Waals surface area (Å²) >= 11 is 0. The molecule has 0 saturated heterocycles. The number of nitrogens with two attached hydrogens (primary N) is 1. The molecule has 1 fully saturated rings. The molecule has 0 bridgehead atoms. The van der Waals surface area contributed by atoms with E-state index >= 15 is 0 Å². The van der Waals surface area contributed by atoms with Crippen molar-refractivity contribution in [3.8, 4) is 5.75 Å². The molecule has 0 heterocycles. The van der Waals surface area contributed by atoms with Gasteiger partial charge in [-0.15, -0.1) is 0 Å². The Labute approximate surface area is 102 Å². The van der Waals surface area contributed by atoms with Gasteiger partial charge in [0.25, 0.3) is 0 Å². The summed E-state index contributed by atoms with van der Waals surface area (Å²) in [6.07, 6.45) is 0.225. The van der Waals surface area contributed by atoms with E-state index in [9.17, 15) is 13.6 Å². The molecule has 1 aromatic rings. The molecule has 1 aliphatic rings. The lowest BCUT2D eigenvalue weighted by Gasteiger charge is -2.18. The van der Waals surface area contributed by atoms with Gasteiger partial charge in [0.15, 0.2) is 11.6 Å². The number of carboxylic acid groups (broad SMARTS) is 1. The molecular weight excluding hydrogens is 244 g/mol. The van der Waals surface area contributed by atoms with Crippen molar-refractivity contribution in [2.45, 2.75) is 30.9 Å². The largest absolute Gasteiger partial charge is 0.487 e. The van der Waals surface area contributed by atoms with Gasteiger partial charge < -0.3 is 15.6 Å². The van der Waals surface area contributed by atoms with E-state index in [1.807, 2.05) is 0 Å². The average Bonchev–Trinajstić information content (AvgIpc) is 2.67. The van der Waals surface area contributed by atoms with Crippen LogP contribution in [0.4, 0.5) is 8.78 Å². The SMILES string of the molecule is NC1(C(=O)O)CCC(Oc2cc(F)ccc2F)C1. The lowest BCUT2D eigenvalue weighted by Crippen LogP contribution is -2.46. The van der Waals surface area contributed by atoms with Crippen LogP contribution in [-0.2, 0) is 4.79 Å². The summed E-state index contributed by atoms with van der Waals surface area (Å²) in [6, 6.07) is 2.89. The van der Waals surface area contributed by atoms with E-state index in [1.54, 1.807) is 0 Å². The third kappa shape index (κ3) is 2.43. The normalized spacial score (nSPS) is 27.2. The van der Waals surface area contributed by atoms with Gasteiger partial charge >= 0.3 is 5.97 Å². The van der Waals surface area contributed by atoms with Crippen molar-refractivity contribution < 1.29 is 23.4 Å². The molecule has 0 aliphatic heterocycles. The van der Waals surface area contributed by atoms with Crippen molar-refractivity contribution in [3.63, 3.8) is 0 Å². The summed E-state index contributed by atoms with van der Waals surface area (Å²) in [5, 5.41) is 8.94. The summed E-state index contributed by atoms with van der Waals surface area (Å²) in [5.41, 5.74) is 4.33. The number of hydrogen-bond donors (Lipinski definition) is 2. The summed E-state index contributed by atoms with van der Waals surface area (Å²) < 4.78 is 31.5. The summed E-state index contributed by atoms with van der Waals surface area (Å²) in [5.74, 6) is -2.61. The maximum Gasteiger partial charge on any atom is 0.323 e. The van der Waals surface area contributed by atoms with Crippen molar-refractivity contribution in [2.75, 3.05) is 0 Å². The lowest BCUT2D eigenvalue weighted by atomic mass is 10.00. The molecule has 1 aromatic carbocycles. The van der Waals surface area contributed by atoms with Gasteiger partial charge in [-0.3, -0.25) is 4.79 Å². The molecule has 0 aromatic heterocycles. The number of ether oxygens (including phenoxy) is 1. The van der Waals surface area contributed by atoms with Crippen LogP contribution >= 0.6 is 0 Å². The fraction of sp³-hybridized carbons (Fsp3) is 0.417. The maximum atomic E-state index is 13.3. The molecule has 4 nitrogen and oxygen atoms in total. The first-order valence-corrected chi connectivity index (χ1v) is 5.55. The van der Waals surface area contributed by atoms with Gasteiger partial charge in [0, 0.05) is 12.5 Å². The van der Waals surface area contributed by atoms with Crippen LogP contribution in [0.5, 0.6) is 5.75 Å². The summed E-state index contributed by atoms with van der Waals surface area (Å²) in [7, 11) is 0. The fourth-order valence-electron chi connectivity index (χ4n) is 2.07. The second kappa shape index (κ2) is 4.53. The third-order valence-corrected chi connectivity index (χ3v) is 3.12. The standard InChI is InChI=1S/C12H13F2NO3/c13-7-1-2-9(14)10(5-7)18-8-3-4-12(15,6-8)11(16)17/h1-2,5,8H,3-4,6,15H2,(H,16,17). The third-order valence-electron chi connectivity index (χ3n) is 3.12. The Morgan fingerprint density at radius 3 is 2.83 bits per heavy atom. The highest BCUT2D eigenvalue weighted by molar-refractivity contribution is 5.79. The highest BCUT2D eigenvalue weighted by Gasteiger charge is 2.43. The van der Waals surface area contributed by atoms with E-state index in [1.165, 1.54) is 0 Å². The second-order valence-electron chi connectivity index (χ2n) is 4.52.